The van der Waals surface area contributed by atoms with Crippen LogP contribution in [0.15, 0.2) is 0 Å². The molecule has 0 bridgehead atoms. The largest absolute Gasteiger partial charge is 0.424 e. The Morgan fingerprint density at radius 1 is 1.38 bits per heavy atom. The lowest BCUT2D eigenvalue weighted by Gasteiger charge is -2.15. The molecule has 3 nitrogen and oxygen atoms in total. The summed E-state index contributed by atoms with van der Waals surface area (Å²) < 4.78 is 10.1. The molecule has 1 atom stereocenters. The maximum atomic E-state index is 10.5. The molecule has 13 heavy (non-hydrogen) atoms. The highest BCUT2D eigenvalue weighted by molar-refractivity contribution is 7.96. The van der Waals surface area contributed by atoms with Crippen LogP contribution in [0.4, 0.5) is 4.79 Å². The standard InChI is InChI=1S/C9H17O3S/c1-3-5-7-11-8(6-4-2)12-9(10)13/h8H,3-7H2,1-2H3. The van der Waals surface area contributed by atoms with Crippen LogP contribution >= 0.6 is 12.6 Å². The normalized spacial score (nSPS) is 12.5. The van der Waals surface area contributed by atoms with Crippen molar-refractivity contribution < 1.29 is 14.3 Å². The Morgan fingerprint density at radius 3 is 2.54 bits per heavy atom. The van der Waals surface area contributed by atoms with Crippen LogP contribution in [0.2, 0.25) is 0 Å². The molecule has 0 rings (SSSR count). The molecule has 0 aliphatic rings. The summed E-state index contributed by atoms with van der Waals surface area (Å²) in [6.45, 7) is 4.72. The Balaban J connectivity index is 3.59. The number of carbonyl (C=O) groups is 1. The first-order valence-electron chi connectivity index (χ1n) is 4.69. The van der Waals surface area contributed by atoms with Crippen molar-refractivity contribution in [3.63, 3.8) is 0 Å². The van der Waals surface area contributed by atoms with E-state index in [-0.39, 0.29) is 0 Å². The molecule has 0 heterocycles. The minimum atomic E-state index is -0.685. The van der Waals surface area contributed by atoms with Crippen LogP contribution in [-0.4, -0.2) is 18.2 Å². The molecule has 0 N–H and O–H groups in total. The number of rotatable bonds is 7. The summed E-state index contributed by atoms with van der Waals surface area (Å²) in [6, 6.07) is 0. The van der Waals surface area contributed by atoms with Crippen molar-refractivity contribution >= 4 is 17.9 Å². The minimum absolute atomic E-state index is 0.443. The van der Waals surface area contributed by atoms with Crippen LogP contribution in [0.1, 0.15) is 39.5 Å². The smallest absolute Gasteiger partial charge is 0.402 e. The van der Waals surface area contributed by atoms with Crippen molar-refractivity contribution in [1.29, 1.82) is 0 Å². The summed E-state index contributed by atoms with van der Waals surface area (Å²) in [5, 5.41) is -0.685. The Hall–Kier alpha value is -0.350. The average Bonchev–Trinajstić information content (AvgIpc) is 2.04. The van der Waals surface area contributed by atoms with E-state index in [1.54, 1.807) is 0 Å². The van der Waals surface area contributed by atoms with Crippen LogP contribution in [0, 0.1) is 0 Å². The van der Waals surface area contributed by atoms with E-state index in [0.29, 0.717) is 13.0 Å². The molecule has 1 unspecified atom stereocenters. The number of hydrogen-bond donors (Lipinski definition) is 0. The molecular weight excluding hydrogens is 188 g/mol. The molecule has 0 saturated carbocycles. The topological polar surface area (TPSA) is 35.5 Å². The third kappa shape index (κ3) is 7.99. The van der Waals surface area contributed by atoms with Gasteiger partial charge >= 0.3 is 5.30 Å². The predicted octanol–water partition coefficient (Wildman–Crippen LogP) is 3.26. The third-order valence-electron chi connectivity index (χ3n) is 1.55. The Morgan fingerprint density at radius 2 is 2.08 bits per heavy atom. The molecule has 0 saturated heterocycles. The van der Waals surface area contributed by atoms with Gasteiger partial charge in [-0.25, -0.2) is 4.79 Å². The maximum Gasteiger partial charge on any atom is 0.402 e. The van der Waals surface area contributed by atoms with E-state index in [0.717, 1.165) is 19.3 Å². The van der Waals surface area contributed by atoms with E-state index in [1.807, 2.05) is 6.92 Å². The van der Waals surface area contributed by atoms with Gasteiger partial charge in [-0.15, -0.1) is 0 Å². The molecule has 0 aromatic rings. The maximum absolute atomic E-state index is 10.5. The number of hydrogen-bond acceptors (Lipinski definition) is 3. The fourth-order valence-electron chi connectivity index (χ4n) is 0.878. The van der Waals surface area contributed by atoms with Gasteiger partial charge in [0.1, 0.15) is 0 Å². The average molecular weight is 205 g/mol. The van der Waals surface area contributed by atoms with Crippen LogP contribution in [0.25, 0.3) is 0 Å². The summed E-state index contributed by atoms with van der Waals surface area (Å²) in [4.78, 5) is 10.5. The summed E-state index contributed by atoms with van der Waals surface area (Å²) in [7, 11) is 0. The van der Waals surface area contributed by atoms with Gasteiger partial charge in [0, 0.05) is 19.0 Å². The first-order valence-corrected chi connectivity index (χ1v) is 5.10. The summed E-state index contributed by atoms with van der Waals surface area (Å²) in [6.07, 6.45) is 3.24. The number of unbranched alkanes of at least 4 members (excludes halogenated alkanes) is 1. The van der Waals surface area contributed by atoms with Crippen molar-refractivity contribution in [2.24, 2.45) is 0 Å². The van der Waals surface area contributed by atoms with Crippen LogP contribution in [0.5, 0.6) is 0 Å². The molecular formula is C9H17O3S. The Kier molecular flexibility index (Phi) is 8.04. The first-order chi connectivity index (χ1) is 6.20. The summed E-state index contributed by atoms with van der Waals surface area (Å²) in [5.74, 6) is 0. The highest BCUT2D eigenvalue weighted by Gasteiger charge is 2.11. The molecule has 1 radical (unpaired) electrons. The predicted molar refractivity (Wildman–Crippen MR) is 53.6 cm³/mol. The van der Waals surface area contributed by atoms with Crippen molar-refractivity contribution in [2.75, 3.05) is 6.61 Å². The van der Waals surface area contributed by atoms with E-state index in [1.165, 1.54) is 0 Å². The fourth-order valence-corrected chi connectivity index (χ4v) is 0.986. The van der Waals surface area contributed by atoms with Crippen LogP contribution < -0.4 is 0 Å². The lowest BCUT2D eigenvalue weighted by Crippen LogP contribution is -2.18. The minimum Gasteiger partial charge on any atom is -0.424 e. The molecule has 0 aromatic heterocycles. The van der Waals surface area contributed by atoms with E-state index in [4.69, 9.17) is 9.47 Å². The van der Waals surface area contributed by atoms with Gasteiger partial charge in [0.25, 0.3) is 0 Å². The van der Waals surface area contributed by atoms with Crippen molar-refractivity contribution in [3.8, 4) is 0 Å². The number of carbonyl (C=O) groups excluding carboxylic acids is 1. The second-order valence-corrected chi connectivity index (χ2v) is 3.14. The molecule has 0 aliphatic carbocycles. The van der Waals surface area contributed by atoms with E-state index < -0.39 is 11.6 Å². The van der Waals surface area contributed by atoms with E-state index >= 15 is 0 Å². The first kappa shape index (κ1) is 12.7. The van der Waals surface area contributed by atoms with Crippen molar-refractivity contribution in [3.05, 3.63) is 0 Å². The van der Waals surface area contributed by atoms with E-state index in [9.17, 15) is 4.79 Å². The van der Waals surface area contributed by atoms with Crippen LogP contribution in [-0.2, 0) is 9.47 Å². The van der Waals surface area contributed by atoms with Gasteiger partial charge in [-0.3, -0.25) is 0 Å². The SMILES string of the molecule is CCCCOC(CCC)OC(=O)[S]. The molecule has 4 heteroatoms. The lowest BCUT2D eigenvalue weighted by atomic mass is 10.3. The van der Waals surface area contributed by atoms with Crippen molar-refractivity contribution in [2.45, 2.75) is 45.8 Å². The molecule has 0 aliphatic heterocycles. The zero-order chi connectivity index (χ0) is 10.1. The highest BCUT2D eigenvalue weighted by Crippen LogP contribution is 2.07. The third-order valence-corrected chi connectivity index (χ3v) is 1.65. The van der Waals surface area contributed by atoms with Crippen LogP contribution in [0.3, 0.4) is 0 Å². The fraction of sp³-hybridized carbons (Fsp3) is 0.889. The molecule has 0 amide bonds. The monoisotopic (exact) mass is 205 g/mol. The second-order valence-electron chi connectivity index (χ2n) is 2.81. The van der Waals surface area contributed by atoms with Gasteiger partial charge in [0.05, 0.1) is 6.61 Å². The number of ether oxygens (including phenoxy) is 2. The lowest BCUT2D eigenvalue weighted by molar-refractivity contribution is -0.101. The van der Waals surface area contributed by atoms with Gasteiger partial charge in [-0.2, -0.15) is 0 Å². The molecule has 0 aromatic carbocycles. The molecule has 0 spiro atoms. The quantitative estimate of drug-likeness (QED) is 0.363. The van der Waals surface area contributed by atoms with Gasteiger partial charge in [-0.05, 0) is 6.42 Å². The van der Waals surface area contributed by atoms with Gasteiger partial charge < -0.3 is 9.47 Å². The highest BCUT2D eigenvalue weighted by atomic mass is 32.1. The zero-order valence-corrected chi connectivity index (χ0v) is 9.06. The van der Waals surface area contributed by atoms with Crippen molar-refractivity contribution in [1.82, 2.24) is 0 Å². The van der Waals surface area contributed by atoms with Gasteiger partial charge in [-0.1, -0.05) is 26.7 Å². The molecule has 77 valence electrons. The Bertz CT molecular complexity index is 139. The second kappa shape index (κ2) is 8.26. The Labute approximate surface area is 85.2 Å². The molecule has 0 fully saturated rings. The zero-order valence-electron chi connectivity index (χ0n) is 8.25. The van der Waals surface area contributed by atoms with E-state index in [2.05, 4.69) is 19.6 Å². The van der Waals surface area contributed by atoms with Gasteiger partial charge in [0.2, 0.25) is 6.29 Å². The summed E-state index contributed by atoms with van der Waals surface area (Å²) in [5.41, 5.74) is 0. The van der Waals surface area contributed by atoms with Gasteiger partial charge in [0.15, 0.2) is 0 Å². The summed E-state index contributed by atoms with van der Waals surface area (Å²) >= 11 is 4.31.